The molecule has 0 spiro atoms. The van der Waals surface area contributed by atoms with Crippen LogP contribution in [0.4, 0.5) is 11.8 Å². The average molecular weight is 545 g/mol. The van der Waals surface area contributed by atoms with Crippen molar-refractivity contribution in [3.8, 4) is 5.75 Å². The van der Waals surface area contributed by atoms with E-state index in [0.717, 1.165) is 6.54 Å². The topological polar surface area (TPSA) is 170 Å². The van der Waals surface area contributed by atoms with Gasteiger partial charge in [0.1, 0.15) is 11.8 Å². The number of carboxylic acid groups (broad SMARTS) is 1. The van der Waals surface area contributed by atoms with Gasteiger partial charge in [0.15, 0.2) is 17.0 Å². The number of likely N-dealkylation sites (N-methyl/N-ethyl adjacent to an activating group) is 1. The Morgan fingerprint density at radius 2 is 2.05 bits per heavy atom. The van der Waals surface area contributed by atoms with Crippen LogP contribution >= 0.6 is 7.75 Å². The third kappa shape index (κ3) is 6.87. The maximum absolute atomic E-state index is 13.4. The number of nitrogens with zero attached hydrogens (tertiary/aromatic N) is 5. The molecule has 0 aliphatic heterocycles. The summed E-state index contributed by atoms with van der Waals surface area (Å²) in [7, 11) is -0.00959. The van der Waals surface area contributed by atoms with Gasteiger partial charge in [-0.15, -0.1) is 0 Å². The molecule has 38 heavy (non-hydrogen) atoms. The van der Waals surface area contributed by atoms with E-state index in [9.17, 15) is 14.5 Å². The molecule has 4 atom stereocenters. The molecule has 1 aliphatic rings. The molecule has 2 heterocycles. The highest BCUT2D eigenvalue weighted by atomic mass is 31.2. The van der Waals surface area contributed by atoms with E-state index in [1.807, 2.05) is 30.8 Å². The molecule has 0 radical (unpaired) electrons. The summed E-state index contributed by atoms with van der Waals surface area (Å²) < 4.78 is 26.7. The molecular formula is C24H33N8O5P. The second kappa shape index (κ2) is 11.9. The predicted octanol–water partition coefficient (Wildman–Crippen LogP) is 2.77. The third-order valence-corrected chi connectivity index (χ3v) is 7.59. The smallest absolute Gasteiger partial charge is 0.459 e. The van der Waals surface area contributed by atoms with Gasteiger partial charge in [-0.05, 0) is 39.6 Å². The number of nitrogen functional groups attached to an aromatic ring is 1. The number of fused-ring (bicyclic) bond motifs is 1. The minimum atomic E-state index is -3.99. The number of rotatable bonds is 13. The Kier molecular flexibility index (Phi) is 8.62. The molecule has 0 bridgehead atoms. The van der Waals surface area contributed by atoms with Crippen molar-refractivity contribution in [2.24, 2.45) is 5.92 Å². The van der Waals surface area contributed by atoms with Crippen LogP contribution in [0.3, 0.4) is 0 Å². The number of imidazole rings is 1. The molecule has 0 saturated heterocycles. The molecular weight excluding hydrogens is 511 g/mol. The van der Waals surface area contributed by atoms with Crippen molar-refractivity contribution in [3.63, 3.8) is 0 Å². The van der Waals surface area contributed by atoms with Gasteiger partial charge in [0.25, 0.3) is 0 Å². The molecule has 0 amide bonds. The standard InChI is InChI=1S/C24H33N8O5P/c1-16(23(33)34)30-38(35,37-19-7-5-4-6-8-19)36-14-17-9-10-18(13-17)32-15-27-20-21(26-11-12-31(2)3)28-24(25)29-22(20)32/h4-10,15-18H,11-14H2,1-3H3,(H,30,35)(H,33,34)(H3,25,26,28,29)/t16-,17+,18-,38?/m0/s1. The number of benzene rings is 1. The lowest BCUT2D eigenvalue weighted by Crippen LogP contribution is -2.33. The molecule has 1 aromatic carbocycles. The largest absolute Gasteiger partial charge is 0.480 e. The number of hydrogen-bond donors (Lipinski definition) is 4. The monoisotopic (exact) mass is 544 g/mol. The van der Waals surface area contributed by atoms with E-state index < -0.39 is 19.8 Å². The van der Waals surface area contributed by atoms with Crippen LogP contribution in [0.1, 0.15) is 19.4 Å². The maximum atomic E-state index is 13.4. The zero-order valence-electron chi connectivity index (χ0n) is 21.5. The lowest BCUT2D eigenvalue weighted by atomic mass is 10.1. The molecule has 2 aromatic heterocycles. The van der Waals surface area contributed by atoms with Crippen LogP contribution in [-0.4, -0.2) is 75.3 Å². The summed E-state index contributed by atoms with van der Waals surface area (Å²) in [6, 6.07) is 7.25. The van der Waals surface area contributed by atoms with Gasteiger partial charge < -0.3 is 30.1 Å². The number of para-hydroxylation sites is 1. The highest BCUT2D eigenvalue weighted by Crippen LogP contribution is 2.46. The van der Waals surface area contributed by atoms with Crippen LogP contribution in [-0.2, 0) is 13.9 Å². The zero-order chi connectivity index (χ0) is 27.3. The van der Waals surface area contributed by atoms with Crippen molar-refractivity contribution in [1.82, 2.24) is 29.5 Å². The molecule has 14 heteroatoms. The van der Waals surface area contributed by atoms with Crippen molar-refractivity contribution in [1.29, 1.82) is 0 Å². The normalized spacial score (nSPS) is 19.5. The van der Waals surface area contributed by atoms with E-state index in [4.69, 9.17) is 14.8 Å². The summed E-state index contributed by atoms with van der Waals surface area (Å²) in [6.45, 7) is 2.92. The fraction of sp³-hybridized carbons (Fsp3) is 0.417. The molecule has 204 valence electrons. The molecule has 13 nitrogen and oxygen atoms in total. The number of hydrogen-bond acceptors (Lipinski definition) is 10. The van der Waals surface area contributed by atoms with E-state index in [1.165, 1.54) is 6.92 Å². The number of allylic oxidation sites excluding steroid dienone is 1. The fourth-order valence-electron chi connectivity index (χ4n) is 3.98. The molecule has 0 saturated carbocycles. The number of aromatic nitrogens is 4. The van der Waals surface area contributed by atoms with E-state index in [-0.39, 0.29) is 24.5 Å². The zero-order valence-corrected chi connectivity index (χ0v) is 22.4. The van der Waals surface area contributed by atoms with Crippen molar-refractivity contribution in [2.45, 2.75) is 25.4 Å². The number of anilines is 2. The van der Waals surface area contributed by atoms with Crippen molar-refractivity contribution in [2.75, 3.05) is 44.8 Å². The minimum absolute atomic E-state index is 0.0531. The van der Waals surface area contributed by atoms with Gasteiger partial charge in [0.2, 0.25) is 5.95 Å². The van der Waals surface area contributed by atoms with E-state index in [1.54, 1.807) is 36.7 Å². The van der Waals surface area contributed by atoms with Crippen LogP contribution in [0, 0.1) is 5.92 Å². The molecule has 0 fully saturated rings. The Labute approximate surface area is 220 Å². The first-order chi connectivity index (χ1) is 18.1. The summed E-state index contributed by atoms with van der Waals surface area (Å²) in [5.74, 6) is -0.254. The number of nitrogens with one attached hydrogen (secondary N) is 2. The SMILES string of the molecule is C[C@H](NP(=O)(OC[C@@H]1C=C[C@H](n2cnc3c(NCCN(C)C)nc(N)nc32)C1)Oc1ccccc1)C(=O)O. The highest BCUT2D eigenvalue weighted by molar-refractivity contribution is 7.52. The van der Waals surface area contributed by atoms with Gasteiger partial charge in [0.05, 0.1) is 19.0 Å². The Balaban J connectivity index is 1.44. The molecule has 1 unspecified atom stereocenters. The van der Waals surface area contributed by atoms with Crippen LogP contribution < -0.4 is 20.7 Å². The van der Waals surface area contributed by atoms with Gasteiger partial charge in [-0.1, -0.05) is 30.4 Å². The lowest BCUT2D eigenvalue weighted by molar-refractivity contribution is -0.138. The lowest BCUT2D eigenvalue weighted by Gasteiger charge is -2.23. The second-order valence-corrected chi connectivity index (χ2v) is 11.0. The molecule has 1 aliphatic carbocycles. The first-order valence-corrected chi connectivity index (χ1v) is 13.7. The number of nitrogens with two attached hydrogens (primary N) is 1. The molecule has 5 N–H and O–H groups in total. The quantitative estimate of drug-likeness (QED) is 0.184. The van der Waals surface area contributed by atoms with E-state index in [0.29, 0.717) is 35.7 Å². The Hall–Kier alpha value is -3.51. The first-order valence-electron chi connectivity index (χ1n) is 12.2. The minimum Gasteiger partial charge on any atom is -0.480 e. The summed E-state index contributed by atoms with van der Waals surface area (Å²) in [5, 5.41) is 15.1. The van der Waals surface area contributed by atoms with Gasteiger partial charge in [-0.25, -0.2) is 9.55 Å². The van der Waals surface area contributed by atoms with Crippen molar-refractivity contribution in [3.05, 3.63) is 48.8 Å². The van der Waals surface area contributed by atoms with Crippen LogP contribution in [0.25, 0.3) is 11.2 Å². The number of aliphatic carboxylic acids is 1. The van der Waals surface area contributed by atoms with Gasteiger partial charge in [-0.3, -0.25) is 9.32 Å². The number of carboxylic acids is 1. The Bertz CT molecular complexity index is 1330. The summed E-state index contributed by atoms with van der Waals surface area (Å²) in [4.78, 5) is 26.7. The van der Waals surface area contributed by atoms with E-state index in [2.05, 4.69) is 30.3 Å². The second-order valence-electron chi connectivity index (χ2n) is 9.32. The van der Waals surface area contributed by atoms with Crippen molar-refractivity contribution >= 4 is 36.6 Å². The summed E-state index contributed by atoms with van der Waals surface area (Å²) >= 11 is 0. The van der Waals surface area contributed by atoms with Gasteiger partial charge in [0, 0.05) is 19.0 Å². The van der Waals surface area contributed by atoms with Crippen LogP contribution in [0.15, 0.2) is 48.8 Å². The Morgan fingerprint density at radius 1 is 1.29 bits per heavy atom. The predicted molar refractivity (Wildman–Crippen MR) is 144 cm³/mol. The fourth-order valence-corrected chi connectivity index (χ4v) is 5.53. The van der Waals surface area contributed by atoms with Crippen LogP contribution in [0.2, 0.25) is 0 Å². The Morgan fingerprint density at radius 3 is 2.76 bits per heavy atom. The first kappa shape index (κ1) is 27.5. The molecule has 4 rings (SSSR count). The summed E-state index contributed by atoms with van der Waals surface area (Å²) in [6.07, 6.45) is 6.29. The maximum Gasteiger partial charge on any atom is 0.459 e. The average Bonchev–Trinajstić information content (AvgIpc) is 3.50. The van der Waals surface area contributed by atoms with Crippen molar-refractivity contribution < 1.29 is 23.5 Å². The third-order valence-electron chi connectivity index (χ3n) is 5.95. The number of carbonyl (C=O) groups is 1. The molecule has 3 aromatic rings. The highest BCUT2D eigenvalue weighted by Gasteiger charge is 2.33. The van der Waals surface area contributed by atoms with Gasteiger partial charge >= 0.3 is 13.7 Å². The summed E-state index contributed by atoms with van der Waals surface area (Å²) in [5.41, 5.74) is 7.22. The van der Waals surface area contributed by atoms with Crippen LogP contribution in [0.5, 0.6) is 5.75 Å². The van der Waals surface area contributed by atoms with E-state index >= 15 is 0 Å². The van der Waals surface area contributed by atoms with Gasteiger partial charge in [-0.2, -0.15) is 15.1 Å².